The molecule has 0 fully saturated rings. The van der Waals surface area contributed by atoms with Crippen LogP contribution in [0, 0.1) is 0 Å². The molecule has 0 bridgehead atoms. The molecule has 0 aliphatic carbocycles. The van der Waals surface area contributed by atoms with Crippen molar-refractivity contribution in [2.24, 2.45) is 4.99 Å². The molecular weight excluding hydrogens is 368 g/mol. The second-order valence-electron chi connectivity index (χ2n) is 8.27. The SMILES string of the molecule is CCCCCCCCCCCCOc1ccc(N=Cc2ccc(N(C)C)cc2)cc1. The van der Waals surface area contributed by atoms with Crippen molar-refractivity contribution in [2.45, 2.75) is 71.1 Å². The van der Waals surface area contributed by atoms with E-state index in [1.165, 1.54) is 63.5 Å². The number of benzene rings is 2. The van der Waals surface area contributed by atoms with Gasteiger partial charge in [-0.3, -0.25) is 4.99 Å². The van der Waals surface area contributed by atoms with Gasteiger partial charge in [0.25, 0.3) is 0 Å². The molecule has 0 heterocycles. The quantitative estimate of drug-likeness (QED) is 0.222. The molecule has 0 amide bonds. The van der Waals surface area contributed by atoms with Crippen molar-refractivity contribution in [3.63, 3.8) is 0 Å². The number of anilines is 1. The summed E-state index contributed by atoms with van der Waals surface area (Å²) in [5.41, 5.74) is 3.23. The molecule has 0 atom stereocenters. The van der Waals surface area contributed by atoms with Crippen LogP contribution in [0.4, 0.5) is 11.4 Å². The van der Waals surface area contributed by atoms with Crippen LogP contribution in [-0.4, -0.2) is 26.9 Å². The van der Waals surface area contributed by atoms with Gasteiger partial charge in [-0.25, -0.2) is 0 Å². The zero-order valence-corrected chi connectivity index (χ0v) is 19.3. The van der Waals surface area contributed by atoms with Crippen molar-refractivity contribution in [1.82, 2.24) is 0 Å². The molecule has 0 aromatic heterocycles. The number of unbranched alkanes of at least 4 members (excludes halogenated alkanes) is 9. The van der Waals surface area contributed by atoms with Crippen LogP contribution in [-0.2, 0) is 0 Å². The predicted molar refractivity (Wildman–Crippen MR) is 132 cm³/mol. The third-order valence-electron chi connectivity index (χ3n) is 5.38. The Labute approximate surface area is 184 Å². The lowest BCUT2D eigenvalue weighted by molar-refractivity contribution is 0.304. The van der Waals surface area contributed by atoms with Crippen LogP contribution in [0.1, 0.15) is 76.7 Å². The molecule has 0 unspecified atom stereocenters. The van der Waals surface area contributed by atoms with Gasteiger partial charge in [-0.05, 0) is 48.4 Å². The Hall–Kier alpha value is -2.29. The van der Waals surface area contributed by atoms with Crippen molar-refractivity contribution in [3.8, 4) is 5.75 Å². The summed E-state index contributed by atoms with van der Waals surface area (Å²) in [4.78, 5) is 6.65. The van der Waals surface area contributed by atoms with Crippen LogP contribution >= 0.6 is 0 Å². The van der Waals surface area contributed by atoms with Crippen LogP contribution in [0.2, 0.25) is 0 Å². The second-order valence-corrected chi connectivity index (χ2v) is 8.27. The molecule has 3 nitrogen and oxygen atoms in total. The predicted octanol–water partition coefficient (Wildman–Crippen LogP) is 7.80. The van der Waals surface area contributed by atoms with Gasteiger partial charge in [0, 0.05) is 26.0 Å². The van der Waals surface area contributed by atoms with Gasteiger partial charge < -0.3 is 9.64 Å². The average Bonchev–Trinajstić information content (AvgIpc) is 2.77. The van der Waals surface area contributed by atoms with Gasteiger partial charge in [-0.15, -0.1) is 0 Å². The highest BCUT2D eigenvalue weighted by Gasteiger charge is 1.97. The molecule has 0 aliphatic rings. The minimum Gasteiger partial charge on any atom is -0.494 e. The Morgan fingerprint density at radius 1 is 0.733 bits per heavy atom. The molecule has 0 spiro atoms. The molecule has 2 aromatic rings. The molecule has 0 saturated heterocycles. The molecule has 0 radical (unpaired) electrons. The van der Waals surface area contributed by atoms with E-state index in [1.54, 1.807) is 0 Å². The van der Waals surface area contributed by atoms with E-state index in [-0.39, 0.29) is 0 Å². The van der Waals surface area contributed by atoms with Gasteiger partial charge in [0.1, 0.15) is 5.75 Å². The third-order valence-corrected chi connectivity index (χ3v) is 5.38. The fraction of sp³-hybridized carbons (Fsp3) is 0.519. The first-order chi connectivity index (χ1) is 14.7. The summed E-state index contributed by atoms with van der Waals surface area (Å²) in [7, 11) is 4.09. The molecule has 0 N–H and O–H groups in total. The summed E-state index contributed by atoms with van der Waals surface area (Å²) in [5.74, 6) is 0.931. The first-order valence-corrected chi connectivity index (χ1v) is 11.7. The maximum Gasteiger partial charge on any atom is 0.119 e. The van der Waals surface area contributed by atoms with Gasteiger partial charge in [0.05, 0.1) is 12.3 Å². The lowest BCUT2D eigenvalue weighted by Gasteiger charge is -2.11. The van der Waals surface area contributed by atoms with Gasteiger partial charge in [-0.1, -0.05) is 76.8 Å². The van der Waals surface area contributed by atoms with Crippen LogP contribution in [0.25, 0.3) is 0 Å². The summed E-state index contributed by atoms with van der Waals surface area (Å²) in [5, 5.41) is 0. The van der Waals surface area contributed by atoms with Gasteiger partial charge in [-0.2, -0.15) is 0 Å². The zero-order valence-electron chi connectivity index (χ0n) is 19.3. The molecule has 3 heteroatoms. The maximum absolute atomic E-state index is 5.87. The normalized spacial score (nSPS) is 11.2. The Balaban J connectivity index is 1.58. The smallest absolute Gasteiger partial charge is 0.119 e. The maximum atomic E-state index is 5.87. The number of rotatable bonds is 15. The summed E-state index contributed by atoms with van der Waals surface area (Å²) < 4.78 is 5.87. The standard InChI is InChI=1S/C27H40N2O/c1-4-5-6-7-8-9-10-11-12-13-22-30-27-20-16-25(17-21-27)28-23-24-14-18-26(19-15-24)29(2)3/h14-21,23H,4-13,22H2,1-3H3. The van der Waals surface area contributed by atoms with Crippen LogP contribution in [0.15, 0.2) is 53.5 Å². The molecule has 30 heavy (non-hydrogen) atoms. The topological polar surface area (TPSA) is 24.8 Å². The van der Waals surface area contributed by atoms with Gasteiger partial charge in [0.2, 0.25) is 0 Å². The van der Waals surface area contributed by atoms with Crippen LogP contribution in [0.5, 0.6) is 5.75 Å². The Bertz CT molecular complexity index is 705. The highest BCUT2D eigenvalue weighted by atomic mass is 16.5. The van der Waals surface area contributed by atoms with Gasteiger partial charge >= 0.3 is 0 Å². The number of aliphatic imine (C=N–C) groups is 1. The Kier molecular flexibility index (Phi) is 11.7. The molecule has 2 rings (SSSR count). The lowest BCUT2D eigenvalue weighted by atomic mass is 10.1. The molecule has 0 aliphatic heterocycles. The average molecular weight is 409 g/mol. The highest BCUT2D eigenvalue weighted by molar-refractivity contribution is 5.82. The van der Waals surface area contributed by atoms with Crippen LogP contribution < -0.4 is 9.64 Å². The molecular formula is C27H40N2O. The van der Waals surface area contributed by atoms with Crippen molar-refractivity contribution in [3.05, 3.63) is 54.1 Å². The number of ether oxygens (including phenoxy) is 1. The lowest BCUT2D eigenvalue weighted by Crippen LogP contribution is -2.08. The van der Waals surface area contributed by atoms with E-state index in [1.807, 2.05) is 44.6 Å². The van der Waals surface area contributed by atoms with E-state index in [4.69, 9.17) is 4.74 Å². The molecule has 2 aromatic carbocycles. The van der Waals surface area contributed by atoms with E-state index < -0.39 is 0 Å². The Morgan fingerprint density at radius 2 is 1.30 bits per heavy atom. The molecule has 164 valence electrons. The monoisotopic (exact) mass is 408 g/mol. The van der Waals surface area contributed by atoms with E-state index in [9.17, 15) is 0 Å². The third kappa shape index (κ3) is 9.96. The van der Waals surface area contributed by atoms with E-state index >= 15 is 0 Å². The van der Waals surface area contributed by atoms with Crippen LogP contribution in [0.3, 0.4) is 0 Å². The first kappa shape index (κ1) is 24.0. The summed E-state index contributed by atoms with van der Waals surface area (Å²) in [6.07, 6.45) is 15.4. The Morgan fingerprint density at radius 3 is 1.87 bits per heavy atom. The minimum atomic E-state index is 0.803. The van der Waals surface area contributed by atoms with Crippen molar-refractivity contribution >= 4 is 17.6 Å². The van der Waals surface area contributed by atoms with Gasteiger partial charge in [0.15, 0.2) is 0 Å². The van der Waals surface area contributed by atoms with E-state index in [0.717, 1.165) is 30.0 Å². The van der Waals surface area contributed by atoms with Crippen molar-refractivity contribution < 1.29 is 4.74 Å². The summed E-state index contributed by atoms with van der Waals surface area (Å²) in [6, 6.07) is 16.4. The number of nitrogens with zero attached hydrogens (tertiary/aromatic N) is 2. The first-order valence-electron chi connectivity index (χ1n) is 11.7. The molecule has 0 saturated carbocycles. The van der Waals surface area contributed by atoms with E-state index in [0.29, 0.717) is 0 Å². The number of hydrogen-bond acceptors (Lipinski definition) is 3. The number of hydrogen-bond donors (Lipinski definition) is 0. The van der Waals surface area contributed by atoms with Crippen molar-refractivity contribution in [2.75, 3.05) is 25.6 Å². The fourth-order valence-corrected chi connectivity index (χ4v) is 3.42. The fourth-order valence-electron chi connectivity index (χ4n) is 3.42. The summed E-state index contributed by atoms with van der Waals surface area (Å²) >= 11 is 0. The minimum absolute atomic E-state index is 0.803. The zero-order chi connectivity index (χ0) is 21.4. The highest BCUT2D eigenvalue weighted by Crippen LogP contribution is 2.19. The second kappa shape index (κ2) is 14.7. The largest absolute Gasteiger partial charge is 0.494 e. The summed E-state index contributed by atoms with van der Waals surface area (Å²) in [6.45, 7) is 3.08. The van der Waals surface area contributed by atoms with Crippen molar-refractivity contribution in [1.29, 1.82) is 0 Å². The van der Waals surface area contributed by atoms with E-state index in [2.05, 4.69) is 41.1 Å².